The summed E-state index contributed by atoms with van der Waals surface area (Å²) in [7, 11) is 1.50. The summed E-state index contributed by atoms with van der Waals surface area (Å²) in [6.45, 7) is 6.91. The lowest BCUT2D eigenvalue weighted by atomic mass is 10.0. The molecule has 0 aliphatic carbocycles. The van der Waals surface area contributed by atoms with Gasteiger partial charge in [0, 0.05) is 12.8 Å². The van der Waals surface area contributed by atoms with Crippen molar-refractivity contribution in [1.29, 1.82) is 0 Å². The summed E-state index contributed by atoms with van der Waals surface area (Å²) in [4.78, 5) is 38.0. The number of likely N-dealkylation sites (N-methyl/N-ethyl adjacent to an activating group) is 1. The highest BCUT2D eigenvalue weighted by atomic mass is 31.2. The number of amides is 1. The maximum Gasteiger partial charge on any atom is 0.472 e. The van der Waals surface area contributed by atoms with Gasteiger partial charge in [0.1, 0.15) is 19.3 Å². The fraction of sp³-hybridized carbons (Fsp3) is 0.778. The summed E-state index contributed by atoms with van der Waals surface area (Å²) in [5, 5.41) is 3.08. The minimum absolute atomic E-state index is 0.0371. The monoisotopic (exact) mass is 1290 g/mol. The fourth-order valence-electron chi connectivity index (χ4n) is 11.1. The highest BCUT2D eigenvalue weighted by molar-refractivity contribution is 7.47. The van der Waals surface area contributed by atoms with Crippen molar-refractivity contribution in [2.45, 2.75) is 367 Å². The minimum Gasteiger partial charge on any atom is -0.456 e. The Morgan fingerprint density at radius 3 is 1.08 bits per heavy atom. The maximum atomic E-state index is 13.7. The van der Waals surface area contributed by atoms with E-state index < -0.39 is 20.0 Å². The van der Waals surface area contributed by atoms with E-state index in [9.17, 15) is 19.0 Å². The first-order chi connectivity index (χ1) is 44.4. The van der Waals surface area contributed by atoms with Crippen molar-refractivity contribution in [3.63, 3.8) is 0 Å². The van der Waals surface area contributed by atoms with E-state index in [4.69, 9.17) is 13.8 Å². The topological polar surface area (TPSA) is 111 Å². The third-order valence-corrected chi connectivity index (χ3v) is 18.0. The van der Waals surface area contributed by atoms with E-state index in [1.54, 1.807) is 0 Å². The average molecular weight is 1290 g/mol. The van der Waals surface area contributed by atoms with E-state index in [1.165, 1.54) is 212 Å². The SMILES string of the molecule is CC/C=C\C/C=C\C/C=C\C/C=C\C/C=C\CCCCCCCCCCCC(=O)OC(/C=C/CCCCCCCCCCCCC)C(COP(=O)(O)OCC[N+](C)(C)C)NC(=O)CCCCCCCCCCCCCCCCCCC/C=C\C/C=C\CCCCC. The van der Waals surface area contributed by atoms with Gasteiger partial charge in [-0.3, -0.25) is 18.6 Å². The molecule has 91 heavy (non-hydrogen) atoms. The lowest BCUT2D eigenvalue weighted by molar-refractivity contribution is -0.870. The average Bonchev–Trinajstić information content (AvgIpc) is 3.70. The largest absolute Gasteiger partial charge is 0.472 e. The third-order valence-electron chi connectivity index (χ3n) is 17.0. The Labute approximate surface area is 564 Å². The van der Waals surface area contributed by atoms with Gasteiger partial charge in [-0.15, -0.1) is 0 Å². The summed E-state index contributed by atoms with van der Waals surface area (Å²) in [5.74, 6) is -0.502. The van der Waals surface area contributed by atoms with E-state index >= 15 is 0 Å². The second-order valence-corrected chi connectivity index (χ2v) is 28.6. The molecular formula is C81H148N2O7P+. The Bertz CT molecular complexity index is 1880. The molecule has 9 nitrogen and oxygen atoms in total. The van der Waals surface area contributed by atoms with Gasteiger partial charge in [-0.05, 0) is 109 Å². The Morgan fingerprint density at radius 1 is 0.396 bits per heavy atom. The quantitative estimate of drug-likeness (QED) is 0.0205. The van der Waals surface area contributed by atoms with Crippen LogP contribution in [0, 0.1) is 0 Å². The summed E-state index contributed by atoms with van der Waals surface area (Å²) >= 11 is 0. The molecule has 3 unspecified atom stereocenters. The lowest BCUT2D eigenvalue weighted by Gasteiger charge is -2.27. The molecule has 1 amide bonds. The molecule has 0 aromatic rings. The van der Waals surface area contributed by atoms with Crippen LogP contribution in [0.1, 0.15) is 355 Å². The van der Waals surface area contributed by atoms with E-state index in [0.29, 0.717) is 17.4 Å². The molecule has 0 fully saturated rings. The molecule has 0 heterocycles. The van der Waals surface area contributed by atoms with Crippen molar-refractivity contribution in [1.82, 2.24) is 5.32 Å². The normalized spacial score (nSPS) is 14.0. The van der Waals surface area contributed by atoms with Crippen LogP contribution in [0.3, 0.4) is 0 Å². The molecule has 10 heteroatoms. The van der Waals surface area contributed by atoms with Crippen LogP contribution in [0.4, 0.5) is 0 Å². The fourth-order valence-corrected chi connectivity index (χ4v) is 11.9. The van der Waals surface area contributed by atoms with Crippen LogP contribution in [0.5, 0.6) is 0 Å². The zero-order valence-electron chi connectivity index (χ0n) is 60.6. The van der Waals surface area contributed by atoms with Crippen molar-refractivity contribution in [3.05, 3.63) is 97.2 Å². The number of unbranched alkanes of at least 4 members (excludes halogenated alkanes) is 40. The molecule has 0 radical (unpaired) electrons. The molecule has 2 N–H and O–H groups in total. The van der Waals surface area contributed by atoms with E-state index in [-0.39, 0.29) is 31.5 Å². The molecule has 0 aliphatic heterocycles. The van der Waals surface area contributed by atoms with E-state index in [1.807, 2.05) is 33.3 Å². The number of nitrogens with one attached hydrogen (secondary N) is 1. The molecule has 3 atom stereocenters. The number of hydrogen-bond acceptors (Lipinski definition) is 6. The van der Waals surface area contributed by atoms with Crippen molar-refractivity contribution >= 4 is 19.7 Å². The van der Waals surface area contributed by atoms with Crippen molar-refractivity contribution in [2.24, 2.45) is 0 Å². The van der Waals surface area contributed by atoms with Crippen LogP contribution in [-0.4, -0.2) is 74.3 Å². The van der Waals surface area contributed by atoms with Gasteiger partial charge in [-0.25, -0.2) is 4.57 Å². The van der Waals surface area contributed by atoms with Crippen molar-refractivity contribution in [3.8, 4) is 0 Å². The molecule has 0 saturated carbocycles. The van der Waals surface area contributed by atoms with Gasteiger partial charge < -0.3 is 19.4 Å². The summed E-state index contributed by atoms with van der Waals surface area (Å²) in [6.07, 6.45) is 95.7. The smallest absolute Gasteiger partial charge is 0.456 e. The number of ether oxygens (including phenoxy) is 1. The number of phosphoric ester groups is 1. The first kappa shape index (κ1) is 87.9. The Morgan fingerprint density at radius 2 is 0.703 bits per heavy atom. The van der Waals surface area contributed by atoms with Gasteiger partial charge in [0.25, 0.3) is 0 Å². The van der Waals surface area contributed by atoms with Crippen LogP contribution in [0.15, 0.2) is 97.2 Å². The standard InChI is InChI=1S/C81H147N2O7P/c1-7-10-13-16-19-22-25-28-30-32-34-36-38-40-41-43-44-46-48-50-52-55-58-61-64-67-70-73-80(84)82-78(77-89-91(86,87)88-76-75-83(4,5)6)79(72-69-66-63-60-57-54-27-24-21-18-15-12-9-3)90-81(85)74-71-68-65-62-59-56-53-51-49-47-45-42-39-37-35-33-31-29-26-23-20-17-14-11-8-2/h11,14,19-20,22-23,28-31,35,37,42,45,69,72,78-79H,7-10,12-13,15-18,21,24-27,32-34,36,38-41,43-44,46-68,70-71,73-77H2,1-6H3,(H-,82,84,86,87)/p+1/b14-11-,22-19-,23-20-,30-28-,31-29-,37-35-,45-42-,72-69+. The van der Waals surface area contributed by atoms with Gasteiger partial charge >= 0.3 is 13.8 Å². The number of hydrogen-bond donors (Lipinski definition) is 2. The van der Waals surface area contributed by atoms with Gasteiger partial charge in [0.2, 0.25) is 5.91 Å². The molecule has 528 valence electrons. The molecule has 0 spiro atoms. The predicted molar refractivity (Wildman–Crippen MR) is 397 cm³/mol. The summed E-state index contributed by atoms with van der Waals surface area (Å²) < 4.78 is 30.9. The summed E-state index contributed by atoms with van der Waals surface area (Å²) in [5.41, 5.74) is 0. The molecular weight excluding hydrogens is 1140 g/mol. The van der Waals surface area contributed by atoms with Gasteiger partial charge in [-0.1, -0.05) is 330 Å². The van der Waals surface area contributed by atoms with Gasteiger partial charge in [-0.2, -0.15) is 0 Å². The second kappa shape index (κ2) is 69.8. The Balaban J connectivity index is 5.01. The number of esters is 1. The van der Waals surface area contributed by atoms with Crippen molar-refractivity contribution < 1.29 is 37.3 Å². The summed E-state index contributed by atoms with van der Waals surface area (Å²) in [6, 6.07) is -0.856. The van der Waals surface area contributed by atoms with Gasteiger partial charge in [0.15, 0.2) is 0 Å². The number of quaternary nitrogens is 1. The first-order valence-corrected chi connectivity index (χ1v) is 40.1. The first-order valence-electron chi connectivity index (χ1n) is 38.6. The zero-order chi connectivity index (χ0) is 66.3. The number of rotatable bonds is 70. The number of carbonyl (C=O) groups excluding carboxylic acids is 2. The predicted octanol–water partition coefficient (Wildman–Crippen LogP) is 25.0. The molecule has 0 aromatic carbocycles. The number of allylic oxidation sites excluding steroid dienone is 15. The van der Waals surface area contributed by atoms with Crippen LogP contribution in [0.25, 0.3) is 0 Å². The molecule has 0 aromatic heterocycles. The molecule has 0 aliphatic rings. The second-order valence-electron chi connectivity index (χ2n) is 27.1. The zero-order valence-corrected chi connectivity index (χ0v) is 61.5. The van der Waals surface area contributed by atoms with E-state index in [0.717, 1.165) is 109 Å². The maximum absolute atomic E-state index is 13.7. The number of carbonyl (C=O) groups is 2. The van der Waals surface area contributed by atoms with Crippen molar-refractivity contribution in [2.75, 3.05) is 40.9 Å². The Kier molecular flexibility index (Phi) is 67.4. The van der Waals surface area contributed by atoms with Crippen LogP contribution in [0.2, 0.25) is 0 Å². The molecule has 0 rings (SSSR count). The highest BCUT2D eigenvalue weighted by Gasteiger charge is 2.30. The minimum atomic E-state index is -4.46. The highest BCUT2D eigenvalue weighted by Crippen LogP contribution is 2.43. The Hall–Kier alpha value is -3.07. The van der Waals surface area contributed by atoms with Crippen LogP contribution >= 0.6 is 7.82 Å². The van der Waals surface area contributed by atoms with Gasteiger partial charge in [0.05, 0.1) is 33.8 Å². The molecule has 0 bridgehead atoms. The number of nitrogens with zero attached hydrogens (tertiary/aromatic N) is 1. The lowest BCUT2D eigenvalue weighted by Crippen LogP contribution is -2.47. The van der Waals surface area contributed by atoms with Crippen LogP contribution in [-0.2, 0) is 27.9 Å². The van der Waals surface area contributed by atoms with E-state index in [2.05, 4.69) is 111 Å². The number of phosphoric acid groups is 1. The third kappa shape index (κ3) is 71.1. The van der Waals surface area contributed by atoms with Crippen LogP contribution < -0.4 is 5.32 Å². The molecule has 0 saturated heterocycles.